The van der Waals surface area contributed by atoms with Gasteiger partial charge in [0.25, 0.3) is 0 Å². The van der Waals surface area contributed by atoms with Crippen molar-refractivity contribution in [2.24, 2.45) is 0 Å². The van der Waals surface area contributed by atoms with Gasteiger partial charge in [0.15, 0.2) is 0 Å². The number of hydrogen-bond donors (Lipinski definition) is 3. The van der Waals surface area contributed by atoms with Crippen LogP contribution < -0.4 is 5.32 Å². The predicted octanol–water partition coefficient (Wildman–Crippen LogP) is 0.717. The minimum absolute atomic E-state index is 0.160. The van der Waals surface area contributed by atoms with E-state index < -0.39 is 11.9 Å². The highest BCUT2D eigenvalue weighted by Gasteiger charge is 2.04. The molecule has 0 aliphatic carbocycles. The fraction of sp³-hybridized carbons (Fsp3) is 0.333. The van der Waals surface area contributed by atoms with Crippen molar-refractivity contribution in [3.8, 4) is 0 Å². The maximum atomic E-state index is 13.0. The van der Waals surface area contributed by atoms with Crippen LogP contribution in [0.4, 0.5) is 4.39 Å². The molecule has 7 heteroatoms. The Morgan fingerprint density at radius 2 is 1.84 bits per heavy atom. The number of ether oxygens (including phenoxy) is 1. The van der Waals surface area contributed by atoms with E-state index in [-0.39, 0.29) is 5.82 Å². The second kappa shape index (κ2) is 9.98. The molecule has 0 bridgehead atoms. The molecule has 106 valence electrons. The van der Waals surface area contributed by atoms with Crippen LogP contribution in [-0.4, -0.2) is 42.4 Å². The highest BCUT2D eigenvalue weighted by molar-refractivity contribution is 6.27. The molecule has 0 spiro atoms. The molecule has 1 rings (SSSR count). The minimum atomic E-state index is -1.82. The Labute approximate surface area is 109 Å². The summed E-state index contributed by atoms with van der Waals surface area (Å²) in [5, 5.41) is 17.9. The molecule has 0 fully saturated rings. The zero-order valence-corrected chi connectivity index (χ0v) is 10.4. The van der Waals surface area contributed by atoms with Crippen molar-refractivity contribution in [3.05, 3.63) is 35.6 Å². The third kappa shape index (κ3) is 8.70. The molecule has 19 heavy (non-hydrogen) atoms. The number of rotatable bonds is 5. The summed E-state index contributed by atoms with van der Waals surface area (Å²) in [6, 6.07) is 6.76. The van der Waals surface area contributed by atoms with Crippen LogP contribution in [0.25, 0.3) is 0 Å². The van der Waals surface area contributed by atoms with Gasteiger partial charge in [-0.25, -0.2) is 14.0 Å². The van der Waals surface area contributed by atoms with Crippen molar-refractivity contribution in [1.29, 1.82) is 0 Å². The smallest absolute Gasteiger partial charge is 0.414 e. The van der Waals surface area contributed by atoms with Crippen LogP contribution in [0.2, 0.25) is 0 Å². The first-order valence-electron chi connectivity index (χ1n) is 5.38. The van der Waals surface area contributed by atoms with E-state index in [0.717, 1.165) is 6.54 Å². The lowest BCUT2D eigenvalue weighted by atomic mass is 10.2. The van der Waals surface area contributed by atoms with Gasteiger partial charge in [-0.05, 0) is 6.07 Å². The first-order valence-corrected chi connectivity index (χ1v) is 5.38. The number of hydrogen-bond acceptors (Lipinski definition) is 4. The summed E-state index contributed by atoms with van der Waals surface area (Å²) in [4.78, 5) is 18.2. The van der Waals surface area contributed by atoms with Crippen LogP contribution >= 0.6 is 0 Å². The van der Waals surface area contributed by atoms with Crippen molar-refractivity contribution in [3.63, 3.8) is 0 Å². The van der Waals surface area contributed by atoms with Crippen LogP contribution in [0.1, 0.15) is 5.56 Å². The van der Waals surface area contributed by atoms with Crippen LogP contribution in [0.5, 0.6) is 0 Å². The highest BCUT2D eigenvalue weighted by Crippen LogP contribution is 2.04. The molecule has 0 unspecified atom stereocenters. The molecule has 0 radical (unpaired) electrons. The summed E-state index contributed by atoms with van der Waals surface area (Å²) in [7, 11) is 1.64. The van der Waals surface area contributed by atoms with Gasteiger partial charge < -0.3 is 20.3 Å². The van der Waals surface area contributed by atoms with E-state index in [0.29, 0.717) is 18.7 Å². The van der Waals surface area contributed by atoms with Gasteiger partial charge in [0, 0.05) is 25.8 Å². The summed E-state index contributed by atoms with van der Waals surface area (Å²) < 4.78 is 17.9. The monoisotopic (exact) mass is 273 g/mol. The van der Waals surface area contributed by atoms with Gasteiger partial charge in [0.05, 0.1) is 6.61 Å². The predicted molar refractivity (Wildman–Crippen MR) is 65.3 cm³/mol. The van der Waals surface area contributed by atoms with Gasteiger partial charge in [-0.2, -0.15) is 0 Å². The molecule has 0 saturated heterocycles. The van der Waals surface area contributed by atoms with Gasteiger partial charge in [-0.3, -0.25) is 0 Å². The van der Waals surface area contributed by atoms with Gasteiger partial charge in [-0.15, -0.1) is 0 Å². The number of carboxylic acid groups (broad SMARTS) is 2. The molecule has 6 nitrogen and oxygen atoms in total. The number of aliphatic carboxylic acids is 2. The SMILES string of the molecule is COCCNCc1ccccc1F.O=C(O)C(=O)O. The van der Waals surface area contributed by atoms with E-state index in [2.05, 4.69) is 5.32 Å². The molecule has 0 aromatic heterocycles. The summed E-state index contributed by atoms with van der Waals surface area (Å²) in [5.41, 5.74) is 0.693. The maximum absolute atomic E-state index is 13.0. The van der Waals surface area contributed by atoms with Crippen molar-refractivity contribution in [1.82, 2.24) is 5.32 Å². The van der Waals surface area contributed by atoms with E-state index in [1.54, 1.807) is 19.2 Å². The third-order valence-corrected chi connectivity index (χ3v) is 1.94. The summed E-state index contributed by atoms with van der Waals surface area (Å²) in [5.74, 6) is -3.81. The molecule has 1 aromatic rings. The van der Waals surface area contributed by atoms with Crippen molar-refractivity contribution < 1.29 is 28.9 Å². The number of benzene rings is 1. The topological polar surface area (TPSA) is 95.9 Å². The van der Waals surface area contributed by atoms with Crippen LogP contribution in [0.15, 0.2) is 24.3 Å². The zero-order valence-electron chi connectivity index (χ0n) is 10.4. The zero-order chi connectivity index (χ0) is 14.7. The normalized spacial score (nSPS) is 9.37. The number of nitrogens with one attached hydrogen (secondary N) is 1. The fourth-order valence-corrected chi connectivity index (χ4v) is 1.04. The number of carbonyl (C=O) groups is 2. The van der Waals surface area contributed by atoms with E-state index in [9.17, 15) is 4.39 Å². The lowest BCUT2D eigenvalue weighted by Gasteiger charge is -2.04. The van der Waals surface area contributed by atoms with Crippen molar-refractivity contribution in [2.75, 3.05) is 20.3 Å². The molecule has 3 N–H and O–H groups in total. The first kappa shape index (κ1) is 17.0. The van der Waals surface area contributed by atoms with Crippen LogP contribution in [0, 0.1) is 5.82 Å². The van der Waals surface area contributed by atoms with Crippen molar-refractivity contribution >= 4 is 11.9 Å². The average Bonchev–Trinajstić information content (AvgIpc) is 2.37. The Hall–Kier alpha value is -1.99. The fourth-order valence-electron chi connectivity index (χ4n) is 1.04. The third-order valence-electron chi connectivity index (χ3n) is 1.94. The number of methoxy groups -OCH3 is 1. The second-order valence-electron chi connectivity index (χ2n) is 3.37. The lowest BCUT2D eigenvalue weighted by Crippen LogP contribution is -2.19. The van der Waals surface area contributed by atoms with Crippen LogP contribution in [0.3, 0.4) is 0 Å². The average molecular weight is 273 g/mol. The first-order chi connectivity index (χ1) is 8.99. The van der Waals surface area contributed by atoms with Gasteiger partial charge in [0.2, 0.25) is 0 Å². The molecule has 0 heterocycles. The molecule has 0 saturated carbocycles. The quantitative estimate of drug-likeness (QED) is 0.540. The number of halogens is 1. The standard InChI is InChI=1S/C10H14FNO.C2H2O4/c1-13-7-6-12-8-9-4-2-3-5-10(9)11;3-1(4)2(5)6/h2-5,12H,6-8H2,1H3;(H,3,4)(H,5,6). The van der Waals surface area contributed by atoms with E-state index in [1.165, 1.54) is 6.07 Å². The highest BCUT2D eigenvalue weighted by atomic mass is 19.1. The summed E-state index contributed by atoms with van der Waals surface area (Å²) >= 11 is 0. The summed E-state index contributed by atoms with van der Waals surface area (Å²) in [6.07, 6.45) is 0. The van der Waals surface area contributed by atoms with E-state index >= 15 is 0 Å². The molecule has 0 aliphatic heterocycles. The number of carboxylic acids is 2. The Kier molecular flexibility index (Phi) is 8.94. The molecular formula is C12H16FNO5. The molecule has 0 atom stereocenters. The van der Waals surface area contributed by atoms with Gasteiger partial charge in [0.1, 0.15) is 5.82 Å². The molecule has 1 aromatic carbocycles. The van der Waals surface area contributed by atoms with Crippen LogP contribution in [-0.2, 0) is 20.9 Å². The Bertz CT molecular complexity index is 399. The lowest BCUT2D eigenvalue weighted by molar-refractivity contribution is -0.159. The van der Waals surface area contributed by atoms with E-state index in [1.807, 2.05) is 6.07 Å². The van der Waals surface area contributed by atoms with Gasteiger partial charge >= 0.3 is 11.9 Å². The van der Waals surface area contributed by atoms with E-state index in [4.69, 9.17) is 24.5 Å². The Morgan fingerprint density at radius 3 is 2.32 bits per heavy atom. The Morgan fingerprint density at radius 1 is 1.26 bits per heavy atom. The minimum Gasteiger partial charge on any atom is -0.473 e. The Balaban J connectivity index is 0.000000459. The van der Waals surface area contributed by atoms with Gasteiger partial charge in [-0.1, -0.05) is 18.2 Å². The molecule has 0 amide bonds. The largest absolute Gasteiger partial charge is 0.473 e. The summed E-state index contributed by atoms with van der Waals surface area (Å²) in [6.45, 7) is 1.94. The molecular weight excluding hydrogens is 257 g/mol. The maximum Gasteiger partial charge on any atom is 0.414 e. The van der Waals surface area contributed by atoms with Crippen molar-refractivity contribution in [2.45, 2.75) is 6.54 Å². The molecule has 0 aliphatic rings. The second-order valence-corrected chi connectivity index (χ2v) is 3.37.